The Morgan fingerprint density at radius 3 is 2.67 bits per heavy atom. The lowest BCUT2D eigenvalue weighted by atomic mass is 9.96. The van der Waals surface area contributed by atoms with E-state index in [0.717, 1.165) is 48.4 Å². The first-order valence-electron chi connectivity index (χ1n) is 8.96. The van der Waals surface area contributed by atoms with Crippen molar-refractivity contribution >= 4 is 12.2 Å². The van der Waals surface area contributed by atoms with E-state index in [1.165, 1.54) is 24.1 Å². The summed E-state index contributed by atoms with van der Waals surface area (Å²) in [5.41, 5.74) is 3.83. The van der Waals surface area contributed by atoms with Crippen LogP contribution in [0.4, 0.5) is 0 Å². The molecule has 0 saturated carbocycles. The molecular weight excluding hydrogens is 316 g/mol. The van der Waals surface area contributed by atoms with Crippen molar-refractivity contribution in [3.63, 3.8) is 0 Å². The average molecular weight is 343 g/mol. The van der Waals surface area contributed by atoms with Gasteiger partial charge in [0.1, 0.15) is 10.5 Å². The summed E-state index contributed by atoms with van der Waals surface area (Å²) >= 11 is 5.61. The standard InChI is InChI=1S/C20H26N2OS/c1-15(2)23-14-8-13-22-18-12-7-6-11-17(18)20(24)21-19(22)16-9-4-3-5-10-16/h3-5,9-10,15H,6-8,11-14H2,1-2H3. The van der Waals surface area contributed by atoms with Gasteiger partial charge in [-0.1, -0.05) is 42.5 Å². The second-order valence-corrected chi connectivity index (χ2v) is 7.05. The normalized spacial score (nSPS) is 14.0. The van der Waals surface area contributed by atoms with Crippen LogP contribution in [0.2, 0.25) is 0 Å². The summed E-state index contributed by atoms with van der Waals surface area (Å²) in [4.78, 5) is 4.81. The molecule has 3 rings (SSSR count). The highest BCUT2D eigenvalue weighted by Gasteiger charge is 2.19. The van der Waals surface area contributed by atoms with Crippen LogP contribution in [0, 0.1) is 4.64 Å². The number of nitrogens with zero attached hydrogens (tertiary/aromatic N) is 2. The summed E-state index contributed by atoms with van der Waals surface area (Å²) in [6, 6.07) is 10.4. The summed E-state index contributed by atoms with van der Waals surface area (Å²) in [7, 11) is 0. The highest BCUT2D eigenvalue weighted by Crippen LogP contribution is 2.27. The van der Waals surface area contributed by atoms with Crippen LogP contribution in [0.15, 0.2) is 30.3 Å². The molecule has 0 spiro atoms. The van der Waals surface area contributed by atoms with E-state index in [-0.39, 0.29) is 6.10 Å². The Hall–Kier alpha value is -1.52. The number of aromatic nitrogens is 2. The molecule has 128 valence electrons. The maximum absolute atomic E-state index is 5.72. The second-order valence-electron chi connectivity index (χ2n) is 6.66. The zero-order valence-electron chi connectivity index (χ0n) is 14.6. The highest BCUT2D eigenvalue weighted by molar-refractivity contribution is 7.71. The van der Waals surface area contributed by atoms with E-state index in [4.69, 9.17) is 21.9 Å². The monoisotopic (exact) mass is 342 g/mol. The molecule has 1 aliphatic carbocycles. The molecule has 0 bridgehead atoms. The first-order valence-corrected chi connectivity index (χ1v) is 9.37. The first kappa shape index (κ1) is 17.3. The third-order valence-corrected chi connectivity index (χ3v) is 4.83. The molecule has 1 aliphatic rings. The fourth-order valence-corrected chi connectivity index (χ4v) is 3.67. The van der Waals surface area contributed by atoms with E-state index in [0.29, 0.717) is 0 Å². The lowest BCUT2D eigenvalue weighted by Gasteiger charge is -2.24. The van der Waals surface area contributed by atoms with Crippen molar-refractivity contribution in [2.24, 2.45) is 0 Å². The first-order chi connectivity index (χ1) is 11.7. The second kappa shape index (κ2) is 8.04. The third kappa shape index (κ3) is 3.93. The number of ether oxygens (including phenoxy) is 1. The van der Waals surface area contributed by atoms with Gasteiger partial charge in [0.25, 0.3) is 0 Å². The van der Waals surface area contributed by atoms with Crippen LogP contribution in [-0.2, 0) is 24.1 Å². The molecule has 0 N–H and O–H groups in total. The van der Waals surface area contributed by atoms with Gasteiger partial charge < -0.3 is 9.30 Å². The van der Waals surface area contributed by atoms with E-state index in [1.54, 1.807) is 0 Å². The SMILES string of the molecule is CC(C)OCCCn1c(-c2ccccc2)nc(=S)c2c1CCCC2. The summed E-state index contributed by atoms with van der Waals surface area (Å²) in [5.74, 6) is 1.01. The van der Waals surface area contributed by atoms with Gasteiger partial charge in [0, 0.05) is 30.0 Å². The molecule has 0 unspecified atom stereocenters. The van der Waals surface area contributed by atoms with Crippen molar-refractivity contribution < 1.29 is 4.74 Å². The van der Waals surface area contributed by atoms with Crippen LogP contribution < -0.4 is 0 Å². The van der Waals surface area contributed by atoms with Crippen LogP contribution in [-0.4, -0.2) is 22.3 Å². The summed E-state index contributed by atoms with van der Waals surface area (Å²) in [5, 5.41) is 0. The van der Waals surface area contributed by atoms with Crippen LogP contribution >= 0.6 is 12.2 Å². The Kier molecular flexibility index (Phi) is 5.80. The zero-order chi connectivity index (χ0) is 16.9. The maximum Gasteiger partial charge on any atom is 0.141 e. The number of hydrogen-bond acceptors (Lipinski definition) is 3. The molecule has 1 heterocycles. The number of hydrogen-bond donors (Lipinski definition) is 0. The van der Waals surface area contributed by atoms with Gasteiger partial charge in [0.2, 0.25) is 0 Å². The lowest BCUT2D eigenvalue weighted by molar-refractivity contribution is 0.0747. The smallest absolute Gasteiger partial charge is 0.141 e. The van der Waals surface area contributed by atoms with Crippen LogP contribution in [0.25, 0.3) is 11.4 Å². The van der Waals surface area contributed by atoms with Crippen molar-refractivity contribution in [3.8, 4) is 11.4 Å². The highest BCUT2D eigenvalue weighted by atomic mass is 32.1. The van der Waals surface area contributed by atoms with Gasteiger partial charge in [-0.2, -0.15) is 0 Å². The average Bonchev–Trinajstić information content (AvgIpc) is 2.60. The Morgan fingerprint density at radius 1 is 1.17 bits per heavy atom. The molecule has 24 heavy (non-hydrogen) atoms. The number of fused-ring (bicyclic) bond motifs is 1. The van der Waals surface area contributed by atoms with Crippen LogP contribution in [0.3, 0.4) is 0 Å². The largest absolute Gasteiger partial charge is 0.379 e. The van der Waals surface area contributed by atoms with E-state index in [9.17, 15) is 0 Å². The van der Waals surface area contributed by atoms with Gasteiger partial charge in [0.05, 0.1) is 6.10 Å². The molecule has 4 heteroatoms. The molecule has 2 aromatic rings. The minimum Gasteiger partial charge on any atom is -0.379 e. The van der Waals surface area contributed by atoms with Crippen molar-refractivity contribution in [2.75, 3.05) is 6.61 Å². The van der Waals surface area contributed by atoms with Crippen molar-refractivity contribution in [1.29, 1.82) is 0 Å². The molecule has 0 saturated heterocycles. The van der Waals surface area contributed by atoms with Gasteiger partial charge >= 0.3 is 0 Å². The summed E-state index contributed by atoms with van der Waals surface area (Å²) in [6.07, 6.45) is 5.91. The molecule has 0 atom stereocenters. The molecule has 3 nitrogen and oxygen atoms in total. The van der Waals surface area contributed by atoms with Gasteiger partial charge in [0.15, 0.2) is 0 Å². The van der Waals surface area contributed by atoms with Crippen molar-refractivity contribution in [2.45, 2.75) is 58.6 Å². The van der Waals surface area contributed by atoms with Gasteiger partial charge in [-0.3, -0.25) is 0 Å². The van der Waals surface area contributed by atoms with Crippen LogP contribution in [0.5, 0.6) is 0 Å². The topological polar surface area (TPSA) is 27.1 Å². The number of benzene rings is 1. The molecule has 0 aliphatic heterocycles. The number of rotatable bonds is 6. The molecule has 0 amide bonds. The van der Waals surface area contributed by atoms with Gasteiger partial charge in [-0.25, -0.2) is 4.98 Å². The van der Waals surface area contributed by atoms with Crippen molar-refractivity contribution in [1.82, 2.24) is 9.55 Å². The minimum atomic E-state index is 0.283. The van der Waals surface area contributed by atoms with Gasteiger partial charge in [-0.05, 0) is 46.0 Å². The Morgan fingerprint density at radius 2 is 1.92 bits per heavy atom. The maximum atomic E-state index is 5.72. The quantitative estimate of drug-likeness (QED) is 0.547. The third-order valence-electron chi connectivity index (χ3n) is 4.50. The van der Waals surface area contributed by atoms with Crippen LogP contribution in [0.1, 0.15) is 44.4 Å². The fourth-order valence-electron chi connectivity index (χ4n) is 3.36. The predicted octanol–water partition coefficient (Wildman–Crippen LogP) is 4.97. The van der Waals surface area contributed by atoms with E-state index in [2.05, 4.69) is 42.7 Å². The predicted molar refractivity (Wildman–Crippen MR) is 101 cm³/mol. The Labute approximate surface area is 149 Å². The minimum absolute atomic E-state index is 0.283. The van der Waals surface area contributed by atoms with E-state index in [1.807, 2.05) is 6.07 Å². The Balaban J connectivity index is 1.97. The zero-order valence-corrected chi connectivity index (χ0v) is 15.4. The van der Waals surface area contributed by atoms with Crippen molar-refractivity contribution in [3.05, 3.63) is 46.2 Å². The summed E-state index contributed by atoms with van der Waals surface area (Å²) < 4.78 is 8.90. The molecular formula is C20H26N2OS. The summed E-state index contributed by atoms with van der Waals surface area (Å²) in [6.45, 7) is 5.88. The fraction of sp³-hybridized carbons (Fsp3) is 0.500. The molecule has 0 fully saturated rings. The molecule has 1 aromatic carbocycles. The molecule has 0 radical (unpaired) electrons. The van der Waals surface area contributed by atoms with Gasteiger partial charge in [-0.15, -0.1) is 0 Å². The Bertz CT molecular complexity index is 737. The molecule has 1 aromatic heterocycles. The lowest BCUT2D eigenvalue weighted by Crippen LogP contribution is -2.19. The van der Waals surface area contributed by atoms with E-state index >= 15 is 0 Å². The van der Waals surface area contributed by atoms with E-state index < -0.39 is 0 Å².